The molecule has 0 amide bonds. The second-order valence-electron chi connectivity index (χ2n) is 5.31. The van der Waals surface area contributed by atoms with Crippen molar-refractivity contribution in [3.05, 3.63) is 18.2 Å². The first-order valence-corrected chi connectivity index (χ1v) is 8.45. The number of hydrogen-bond donors (Lipinski definition) is 2. The third kappa shape index (κ3) is 3.87. The Balaban J connectivity index is 2.26. The smallest absolute Gasteiger partial charge is 0.241 e. The molecule has 1 aromatic rings. The van der Waals surface area contributed by atoms with Gasteiger partial charge in [-0.05, 0) is 18.1 Å². The van der Waals surface area contributed by atoms with Crippen molar-refractivity contribution in [2.75, 3.05) is 19.8 Å². The van der Waals surface area contributed by atoms with Gasteiger partial charge in [0.2, 0.25) is 10.0 Å². The summed E-state index contributed by atoms with van der Waals surface area (Å²) in [6.45, 7) is 4.49. The summed E-state index contributed by atoms with van der Waals surface area (Å²) in [4.78, 5) is 0.103. The van der Waals surface area contributed by atoms with Crippen molar-refractivity contribution in [2.24, 2.45) is 5.92 Å². The van der Waals surface area contributed by atoms with Crippen molar-refractivity contribution in [1.29, 1.82) is 0 Å². The van der Waals surface area contributed by atoms with Crippen LogP contribution in [0.4, 0.5) is 0 Å². The summed E-state index contributed by atoms with van der Waals surface area (Å²) in [6.07, 6.45) is 0.759. The van der Waals surface area contributed by atoms with Gasteiger partial charge in [0.1, 0.15) is 0 Å². The van der Waals surface area contributed by atoms with Crippen LogP contribution in [0.1, 0.15) is 20.3 Å². The van der Waals surface area contributed by atoms with Crippen molar-refractivity contribution in [3.63, 3.8) is 0 Å². The second kappa shape index (κ2) is 6.64. The van der Waals surface area contributed by atoms with Crippen molar-refractivity contribution >= 4 is 10.0 Å². The van der Waals surface area contributed by atoms with Crippen molar-refractivity contribution < 1.29 is 23.0 Å². The van der Waals surface area contributed by atoms with E-state index < -0.39 is 16.1 Å². The van der Waals surface area contributed by atoms with Gasteiger partial charge in [0.25, 0.3) is 0 Å². The Kier molecular flexibility index (Phi) is 5.08. The fraction of sp³-hybridized carbons (Fsp3) is 0.571. The molecule has 1 aliphatic heterocycles. The van der Waals surface area contributed by atoms with Gasteiger partial charge in [-0.15, -0.1) is 0 Å². The van der Waals surface area contributed by atoms with Gasteiger partial charge < -0.3 is 14.6 Å². The Morgan fingerprint density at radius 1 is 1.24 bits per heavy atom. The summed E-state index contributed by atoms with van der Waals surface area (Å²) in [5.74, 6) is 0.972. The maximum atomic E-state index is 12.4. The molecule has 0 aromatic heterocycles. The SMILES string of the molecule is CC(C)[C@@H](CO)NS(=O)(=O)c1ccc2c(c1)OCCCO2. The third-order valence-electron chi connectivity index (χ3n) is 3.34. The molecule has 6 nitrogen and oxygen atoms in total. The molecule has 0 saturated carbocycles. The van der Waals surface area contributed by atoms with Crippen LogP contribution in [0.5, 0.6) is 11.5 Å². The van der Waals surface area contributed by atoms with Gasteiger partial charge >= 0.3 is 0 Å². The predicted octanol–water partition coefficient (Wildman–Crippen LogP) is 1.14. The van der Waals surface area contributed by atoms with E-state index in [9.17, 15) is 13.5 Å². The van der Waals surface area contributed by atoms with Gasteiger partial charge in [-0.1, -0.05) is 13.8 Å². The minimum absolute atomic E-state index is 0.00909. The Morgan fingerprint density at radius 3 is 2.52 bits per heavy atom. The van der Waals surface area contributed by atoms with Gasteiger partial charge in [0.05, 0.1) is 24.7 Å². The van der Waals surface area contributed by atoms with Gasteiger partial charge in [-0.25, -0.2) is 13.1 Å². The highest BCUT2D eigenvalue weighted by Gasteiger charge is 2.23. The van der Waals surface area contributed by atoms with E-state index in [4.69, 9.17) is 9.47 Å². The number of fused-ring (bicyclic) bond motifs is 1. The molecule has 0 fully saturated rings. The lowest BCUT2D eigenvalue weighted by Gasteiger charge is -2.20. The molecular weight excluding hydrogens is 294 g/mol. The minimum Gasteiger partial charge on any atom is -0.490 e. The van der Waals surface area contributed by atoms with E-state index in [0.29, 0.717) is 24.7 Å². The Bertz CT molecular complexity index is 585. The highest BCUT2D eigenvalue weighted by molar-refractivity contribution is 7.89. The molecule has 1 heterocycles. The zero-order chi connectivity index (χ0) is 15.5. The van der Waals surface area contributed by atoms with Crippen LogP contribution < -0.4 is 14.2 Å². The minimum atomic E-state index is -3.71. The summed E-state index contributed by atoms with van der Waals surface area (Å²) >= 11 is 0. The fourth-order valence-corrected chi connectivity index (χ4v) is 3.35. The van der Waals surface area contributed by atoms with Crippen molar-refractivity contribution in [1.82, 2.24) is 4.72 Å². The fourth-order valence-electron chi connectivity index (χ4n) is 1.96. The van der Waals surface area contributed by atoms with E-state index in [2.05, 4.69) is 4.72 Å². The second-order valence-corrected chi connectivity index (χ2v) is 7.03. The lowest BCUT2D eigenvalue weighted by molar-refractivity contribution is 0.227. The molecule has 1 aromatic carbocycles. The highest BCUT2D eigenvalue weighted by atomic mass is 32.2. The van der Waals surface area contributed by atoms with Crippen LogP contribution in [-0.2, 0) is 10.0 Å². The van der Waals surface area contributed by atoms with E-state index >= 15 is 0 Å². The van der Waals surface area contributed by atoms with Crippen LogP contribution in [0, 0.1) is 5.92 Å². The summed E-state index contributed by atoms with van der Waals surface area (Å²) in [5, 5.41) is 9.26. The molecule has 0 radical (unpaired) electrons. The number of aliphatic hydroxyl groups is 1. The summed E-state index contributed by atoms with van der Waals surface area (Å²) in [7, 11) is -3.71. The lowest BCUT2D eigenvalue weighted by atomic mass is 10.1. The molecule has 118 valence electrons. The van der Waals surface area contributed by atoms with E-state index in [1.807, 2.05) is 13.8 Å². The van der Waals surface area contributed by atoms with Crippen molar-refractivity contribution in [3.8, 4) is 11.5 Å². The lowest BCUT2D eigenvalue weighted by Crippen LogP contribution is -2.41. The number of ether oxygens (including phenoxy) is 2. The number of aliphatic hydroxyl groups excluding tert-OH is 1. The van der Waals surface area contributed by atoms with E-state index in [1.165, 1.54) is 12.1 Å². The monoisotopic (exact) mass is 315 g/mol. The zero-order valence-electron chi connectivity index (χ0n) is 12.2. The van der Waals surface area contributed by atoms with Crippen LogP contribution in [0.15, 0.2) is 23.1 Å². The highest BCUT2D eigenvalue weighted by Crippen LogP contribution is 2.31. The normalized spacial score (nSPS) is 16.6. The third-order valence-corrected chi connectivity index (χ3v) is 4.82. The van der Waals surface area contributed by atoms with Crippen LogP contribution >= 0.6 is 0 Å². The number of hydrogen-bond acceptors (Lipinski definition) is 5. The van der Waals surface area contributed by atoms with E-state index in [0.717, 1.165) is 6.42 Å². The quantitative estimate of drug-likeness (QED) is 0.851. The molecule has 0 bridgehead atoms. The molecule has 1 aliphatic rings. The average molecular weight is 315 g/mol. The molecule has 1 atom stereocenters. The van der Waals surface area contributed by atoms with Gasteiger partial charge in [-0.3, -0.25) is 0 Å². The number of nitrogens with one attached hydrogen (secondary N) is 1. The maximum absolute atomic E-state index is 12.4. The van der Waals surface area contributed by atoms with Crippen LogP contribution in [0.2, 0.25) is 0 Å². The number of sulfonamides is 1. The van der Waals surface area contributed by atoms with Gasteiger partial charge in [0.15, 0.2) is 11.5 Å². The number of benzene rings is 1. The topological polar surface area (TPSA) is 84.9 Å². The Morgan fingerprint density at radius 2 is 1.90 bits per heavy atom. The standard InChI is InChI=1S/C14H21NO5S/c1-10(2)12(9-16)15-21(17,18)11-4-5-13-14(8-11)20-7-3-6-19-13/h4-5,8,10,12,15-16H,3,6-7,9H2,1-2H3/t12-/m1/s1. The zero-order valence-corrected chi connectivity index (χ0v) is 13.0. The van der Waals surface area contributed by atoms with Crippen LogP contribution in [0.25, 0.3) is 0 Å². The first kappa shape index (κ1) is 16.1. The number of rotatable bonds is 5. The first-order valence-electron chi connectivity index (χ1n) is 6.97. The molecule has 0 spiro atoms. The summed E-state index contributed by atoms with van der Waals surface area (Å²) in [5.41, 5.74) is 0. The largest absolute Gasteiger partial charge is 0.490 e. The molecule has 0 unspecified atom stereocenters. The molecule has 0 saturated heterocycles. The van der Waals surface area contributed by atoms with Crippen LogP contribution in [0.3, 0.4) is 0 Å². The molecule has 0 aliphatic carbocycles. The Labute approximate surface area is 125 Å². The van der Waals surface area contributed by atoms with Gasteiger partial charge in [-0.2, -0.15) is 0 Å². The molecule has 2 N–H and O–H groups in total. The Hall–Kier alpha value is -1.31. The van der Waals surface area contributed by atoms with E-state index in [1.54, 1.807) is 6.07 Å². The molecular formula is C14H21NO5S. The molecule has 2 rings (SSSR count). The molecule has 21 heavy (non-hydrogen) atoms. The summed E-state index contributed by atoms with van der Waals surface area (Å²) < 4.78 is 38.2. The van der Waals surface area contributed by atoms with Crippen LogP contribution in [-0.4, -0.2) is 39.4 Å². The average Bonchev–Trinajstić information content (AvgIpc) is 2.68. The summed E-state index contributed by atoms with van der Waals surface area (Å²) in [6, 6.07) is 4.01. The molecule has 7 heteroatoms. The van der Waals surface area contributed by atoms with E-state index in [-0.39, 0.29) is 17.4 Å². The van der Waals surface area contributed by atoms with Crippen molar-refractivity contribution in [2.45, 2.75) is 31.2 Å². The van der Waals surface area contributed by atoms with Gasteiger partial charge in [0, 0.05) is 18.5 Å². The first-order chi connectivity index (χ1) is 9.94. The predicted molar refractivity (Wildman–Crippen MR) is 78.1 cm³/mol. The maximum Gasteiger partial charge on any atom is 0.241 e.